The van der Waals surface area contributed by atoms with E-state index in [1.165, 1.54) is 11.1 Å². The van der Waals surface area contributed by atoms with Gasteiger partial charge in [0.15, 0.2) is 0 Å². The Labute approximate surface area is 133 Å². The largest absolute Gasteiger partial charge is 0.497 e. The van der Waals surface area contributed by atoms with Crippen LogP contribution in [0.3, 0.4) is 0 Å². The zero-order valence-electron chi connectivity index (χ0n) is 11.9. The van der Waals surface area contributed by atoms with Crippen molar-refractivity contribution in [3.8, 4) is 11.5 Å². The lowest BCUT2D eigenvalue weighted by Gasteiger charge is -2.13. The highest BCUT2D eigenvalue weighted by Gasteiger charge is 2.21. The molecule has 0 radical (unpaired) electrons. The third-order valence-corrected chi connectivity index (χ3v) is 4.43. The van der Waals surface area contributed by atoms with Gasteiger partial charge < -0.3 is 14.8 Å². The summed E-state index contributed by atoms with van der Waals surface area (Å²) in [4.78, 5) is 0. The first-order valence-electron chi connectivity index (χ1n) is 7.04. The van der Waals surface area contributed by atoms with Crippen molar-refractivity contribution >= 4 is 15.9 Å². The van der Waals surface area contributed by atoms with Gasteiger partial charge in [-0.25, -0.2) is 0 Å². The van der Waals surface area contributed by atoms with Crippen LogP contribution in [-0.2, 0) is 13.0 Å². The summed E-state index contributed by atoms with van der Waals surface area (Å²) in [5, 5.41) is 3.46. The van der Waals surface area contributed by atoms with Crippen LogP contribution in [0.5, 0.6) is 11.5 Å². The molecule has 0 bridgehead atoms. The second kappa shape index (κ2) is 6.50. The summed E-state index contributed by atoms with van der Waals surface area (Å²) in [6, 6.07) is 14.2. The first kappa shape index (κ1) is 14.4. The molecule has 110 valence electrons. The fourth-order valence-electron chi connectivity index (χ4n) is 2.55. The van der Waals surface area contributed by atoms with Gasteiger partial charge in [-0.3, -0.25) is 0 Å². The van der Waals surface area contributed by atoms with Crippen molar-refractivity contribution in [1.82, 2.24) is 5.32 Å². The predicted octanol–water partition coefficient (Wildman–Crippen LogP) is 3.55. The molecule has 0 aliphatic carbocycles. The molecule has 1 heterocycles. The minimum Gasteiger partial charge on any atom is -0.497 e. The first-order chi connectivity index (χ1) is 10.3. The Kier molecular flexibility index (Phi) is 4.46. The smallest absolute Gasteiger partial charge is 0.123 e. The summed E-state index contributed by atoms with van der Waals surface area (Å²) in [5.74, 6) is 1.89. The fraction of sp³-hybridized carbons (Fsp3) is 0.294. The Bertz CT molecular complexity index is 605. The topological polar surface area (TPSA) is 30.5 Å². The van der Waals surface area contributed by atoms with Crippen LogP contribution >= 0.6 is 15.9 Å². The Morgan fingerprint density at radius 3 is 2.95 bits per heavy atom. The van der Waals surface area contributed by atoms with Crippen molar-refractivity contribution in [1.29, 1.82) is 0 Å². The van der Waals surface area contributed by atoms with E-state index in [1.807, 2.05) is 30.3 Å². The molecule has 1 aliphatic rings. The number of ether oxygens (including phenoxy) is 2. The molecule has 3 nitrogen and oxygen atoms in total. The highest BCUT2D eigenvalue weighted by molar-refractivity contribution is 9.10. The van der Waals surface area contributed by atoms with Gasteiger partial charge in [0.2, 0.25) is 0 Å². The lowest BCUT2D eigenvalue weighted by atomic mass is 10.1. The molecule has 3 rings (SSSR count). The monoisotopic (exact) mass is 347 g/mol. The van der Waals surface area contributed by atoms with E-state index in [-0.39, 0.29) is 6.10 Å². The Hall–Kier alpha value is -1.52. The number of rotatable bonds is 5. The van der Waals surface area contributed by atoms with Gasteiger partial charge in [-0.1, -0.05) is 34.1 Å². The second-order valence-corrected chi connectivity index (χ2v) is 5.99. The molecule has 0 aromatic heterocycles. The van der Waals surface area contributed by atoms with Crippen LogP contribution in [0, 0.1) is 0 Å². The number of hydrogen-bond donors (Lipinski definition) is 1. The summed E-state index contributed by atoms with van der Waals surface area (Å²) in [5.41, 5.74) is 2.48. The normalized spacial score (nSPS) is 16.4. The summed E-state index contributed by atoms with van der Waals surface area (Å²) in [6.45, 7) is 1.62. The zero-order chi connectivity index (χ0) is 14.7. The zero-order valence-corrected chi connectivity index (χ0v) is 13.5. The standard InChI is InChI=1S/C17H18BrNO2/c1-20-14-6-7-16(18)13(9-14)10-19-11-15-8-12-4-2-3-5-17(12)21-15/h2-7,9,15,19H,8,10-11H2,1H3. The van der Waals surface area contributed by atoms with Crippen LogP contribution in [0.2, 0.25) is 0 Å². The Balaban J connectivity index is 1.54. The van der Waals surface area contributed by atoms with E-state index in [4.69, 9.17) is 9.47 Å². The van der Waals surface area contributed by atoms with Crippen molar-refractivity contribution < 1.29 is 9.47 Å². The first-order valence-corrected chi connectivity index (χ1v) is 7.83. The van der Waals surface area contributed by atoms with Crippen LogP contribution < -0.4 is 14.8 Å². The summed E-state index contributed by atoms with van der Waals surface area (Å²) in [7, 11) is 1.68. The Morgan fingerprint density at radius 2 is 2.14 bits per heavy atom. The number of nitrogens with one attached hydrogen (secondary N) is 1. The average Bonchev–Trinajstić information content (AvgIpc) is 2.92. The summed E-state index contributed by atoms with van der Waals surface area (Å²) >= 11 is 3.57. The van der Waals surface area contributed by atoms with Gasteiger partial charge in [0.05, 0.1) is 7.11 Å². The number of benzene rings is 2. The molecule has 0 spiro atoms. The SMILES string of the molecule is COc1ccc(Br)c(CNCC2Cc3ccccc3O2)c1. The van der Waals surface area contributed by atoms with E-state index in [0.717, 1.165) is 35.5 Å². The van der Waals surface area contributed by atoms with E-state index in [0.29, 0.717) is 0 Å². The third-order valence-electron chi connectivity index (χ3n) is 3.65. The van der Waals surface area contributed by atoms with Crippen LogP contribution in [0.4, 0.5) is 0 Å². The van der Waals surface area contributed by atoms with Crippen LogP contribution in [0.25, 0.3) is 0 Å². The molecule has 0 saturated carbocycles. The maximum absolute atomic E-state index is 5.92. The van der Waals surface area contributed by atoms with Crippen LogP contribution in [0.1, 0.15) is 11.1 Å². The van der Waals surface area contributed by atoms with E-state index in [9.17, 15) is 0 Å². The molecule has 1 unspecified atom stereocenters. The van der Waals surface area contributed by atoms with E-state index >= 15 is 0 Å². The number of hydrogen-bond acceptors (Lipinski definition) is 3. The molecular weight excluding hydrogens is 330 g/mol. The van der Waals surface area contributed by atoms with E-state index < -0.39 is 0 Å². The predicted molar refractivity (Wildman–Crippen MR) is 87.0 cm³/mol. The highest BCUT2D eigenvalue weighted by Crippen LogP contribution is 2.28. The van der Waals surface area contributed by atoms with Crippen molar-refractivity contribution in [2.45, 2.75) is 19.1 Å². The Morgan fingerprint density at radius 1 is 1.29 bits per heavy atom. The molecule has 1 atom stereocenters. The van der Waals surface area contributed by atoms with Crippen molar-refractivity contribution in [3.63, 3.8) is 0 Å². The van der Waals surface area contributed by atoms with Gasteiger partial charge in [-0.2, -0.15) is 0 Å². The van der Waals surface area contributed by atoms with Crippen molar-refractivity contribution in [2.75, 3.05) is 13.7 Å². The van der Waals surface area contributed by atoms with Gasteiger partial charge >= 0.3 is 0 Å². The minimum absolute atomic E-state index is 0.215. The van der Waals surface area contributed by atoms with Crippen molar-refractivity contribution in [2.24, 2.45) is 0 Å². The number of fused-ring (bicyclic) bond motifs is 1. The van der Waals surface area contributed by atoms with E-state index in [1.54, 1.807) is 7.11 Å². The molecular formula is C17H18BrNO2. The fourth-order valence-corrected chi connectivity index (χ4v) is 2.94. The molecule has 0 saturated heterocycles. The summed E-state index contributed by atoms with van der Waals surface area (Å²) in [6.07, 6.45) is 1.19. The number of halogens is 1. The summed E-state index contributed by atoms with van der Waals surface area (Å²) < 4.78 is 12.3. The van der Waals surface area contributed by atoms with Gasteiger partial charge in [-0.15, -0.1) is 0 Å². The molecule has 1 aliphatic heterocycles. The molecule has 1 N–H and O–H groups in total. The maximum Gasteiger partial charge on any atom is 0.123 e. The van der Waals surface area contributed by atoms with Gasteiger partial charge in [0.1, 0.15) is 17.6 Å². The molecule has 2 aromatic carbocycles. The molecule has 2 aromatic rings. The van der Waals surface area contributed by atoms with Gasteiger partial charge in [0, 0.05) is 24.0 Å². The molecule has 0 amide bonds. The lowest BCUT2D eigenvalue weighted by Crippen LogP contribution is -2.29. The molecule has 21 heavy (non-hydrogen) atoms. The quantitative estimate of drug-likeness (QED) is 0.897. The van der Waals surface area contributed by atoms with Crippen LogP contribution in [-0.4, -0.2) is 19.8 Å². The lowest BCUT2D eigenvalue weighted by molar-refractivity contribution is 0.227. The average molecular weight is 348 g/mol. The highest BCUT2D eigenvalue weighted by atomic mass is 79.9. The number of methoxy groups -OCH3 is 1. The van der Waals surface area contributed by atoms with Gasteiger partial charge in [-0.05, 0) is 35.4 Å². The second-order valence-electron chi connectivity index (χ2n) is 5.14. The third kappa shape index (κ3) is 3.39. The minimum atomic E-state index is 0.215. The van der Waals surface area contributed by atoms with Gasteiger partial charge in [0.25, 0.3) is 0 Å². The maximum atomic E-state index is 5.92. The van der Waals surface area contributed by atoms with E-state index in [2.05, 4.69) is 33.4 Å². The molecule has 0 fully saturated rings. The van der Waals surface area contributed by atoms with Crippen molar-refractivity contribution in [3.05, 3.63) is 58.1 Å². The van der Waals surface area contributed by atoms with Crippen LogP contribution in [0.15, 0.2) is 46.9 Å². The molecule has 4 heteroatoms. The number of para-hydroxylation sites is 1.